The lowest BCUT2D eigenvalue weighted by Crippen LogP contribution is -2.37. The Balaban J connectivity index is 1.50. The van der Waals surface area contributed by atoms with Crippen LogP contribution in [0.1, 0.15) is 60.0 Å². The summed E-state index contributed by atoms with van der Waals surface area (Å²) in [5, 5.41) is 3.18. The lowest BCUT2D eigenvalue weighted by Gasteiger charge is -2.30. The third kappa shape index (κ3) is 4.44. The van der Waals surface area contributed by atoms with Gasteiger partial charge < -0.3 is 15.0 Å². The molecular weight excluding hydrogens is 364 g/mol. The van der Waals surface area contributed by atoms with Gasteiger partial charge in [-0.2, -0.15) is 0 Å². The van der Waals surface area contributed by atoms with E-state index in [2.05, 4.69) is 5.32 Å². The van der Waals surface area contributed by atoms with Crippen molar-refractivity contribution >= 4 is 17.5 Å². The highest BCUT2D eigenvalue weighted by Gasteiger charge is 2.25. The van der Waals surface area contributed by atoms with E-state index in [1.807, 2.05) is 47.4 Å². The van der Waals surface area contributed by atoms with Crippen molar-refractivity contribution in [2.45, 2.75) is 57.5 Å². The molecule has 5 nitrogen and oxygen atoms in total. The predicted molar refractivity (Wildman–Crippen MR) is 113 cm³/mol. The first kappa shape index (κ1) is 19.5. The number of anilines is 1. The van der Waals surface area contributed by atoms with Gasteiger partial charge in [-0.05, 0) is 60.7 Å². The van der Waals surface area contributed by atoms with Gasteiger partial charge in [0, 0.05) is 23.7 Å². The third-order valence-corrected chi connectivity index (χ3v) is 5.98. The second-order valence-electron chi connectivity index (χ2n) is 7.98. The Morgan fingerprint density at radius 3 is 2.55 bits per heavy atom. The van der Waals surface area contributed by atoms with Gasteiger partial charge in [-0.15, -0.1) is 0 Å². The number of benzene rings is 2. The van der Waals surface area contributed by atoms with E-state index in [4.69, 9.17) is 4.74 Å². The Labute approximate surface area is 172 Å². The molecule has 2 aromatic rings. The van der Waals surface area contributed by atoms with E-state index in [0.717, 1.165) is 35.4 Å². The van der Waals surface area contributed by atoms with Gasteiger partial charge in [-0.25, -0.2) is 0 Å². The standard InChI is InChI=1S/C24H28N2O3/c1-29-21-11-7-17(8-12-21)16-26-22-13-9-19(15-18(22)10-14-23(26)27)24(28)25-20-5-3-2-4-6-20/h7-9,11-13,15,20H,2-6,10,14,16H2,1H3,(H,25,28). The summed E-state index contributed by atoms with van der Waals surface area (Å²) in [5.41, 5.74) is 3.71. The molecule has 1 aliphatic heterocycles. The molecule has 0 bridgehead atoms. The van der Waals surface area contributed by atoms with E-state index >= 15 is 0 Å². The van der Waals surface area contributed by atoms with E-state index in [9.17, 15) is 9.59 Å². The normalized spacial score (nSPS) is 17.0. The predicted octanol–water partition coefficient (Wildman–Crippen LogP) is 4.24. The molecule has 0 radical (unpaired) electrons. The highest BCUT2D eigenvalue weighted by Crippen LogP contribution is 2.30. The zero-order valence-electron chi connectivity index (χ0n) is 16.9. The van der Waals surface area contributed by atoms with E-state index in [-0.39, 0.29) is 11.8 Å². The van der Waals surface area contributed by atoms with Crippen molar-refractivity contribution in [3.05, 3.63) is 59.2 Å². The molecule has 1 aliphatic carbocycles. The number of amides is 2. The van der Waals surface area contributed by atoms with Crippen LogP contribution >= 0.6 is 0 Å². The van der Waals surface area contributed by atoms with E-state index in [1.54, 1.807) is 7.11 Å². The largest absolute Gasteiger partial charge is 0.497 e. The van der Waals surface area contributed by atoms with Crippen molar-refractivity contribution in [2.24, 2.45) is 0 Å². The monoisotopic (exact) mass is 392 g/mol. The molecule has 0 aromatic heterocycles. The summed E-state index contributed by atoms with van der Waals surface area (Å²) in [6.07, 6.45) is 6.94. The van der Waals surface area contributed by atoms with Gasteiger partial charge in [0.2, 0.25) is 5.91 Å². The van der Waals surface area contributed by atoms with Crippen molar-refractivity contribution in [3.8, 4) is 5.75 Å². The lowest BCUT2D eigenvalue weighted by molar-refractivity contribution is -0.119. The van der Waals surface area contributed by atoms with Crippen molar-refractivity contribution in [1.82, 2.24) is 5.32 Å². The molecule has 1 N–H and O–H groups in total. The number of aryl methyl sites for hydroxylation is 1. The molecule has 2 aliphatic rings. The number of fused-ring (bicyclic) bond motifs is 1. The second kappa shape index (κ2) is 8.68. The minimum atomic E-state index is -0.00157. The van der Waals surface area contributed by atoms with E-state index < -0.39 is 0 Å². The fourth-order valence-corrected chi connectivity index (χ4v) is 4.30. The number of nitrogens with one attached hydrogen (secondary N) is 1. The molecule has 1 fully saturated rings. The molecule has 4 rings (SSSR count). The van der Waals surface area contributed by atoms with Crippen LogP contribution in [0.15, 0.2) is 42.5 Å². The first-order chi connectivity index (χ1) is 14.1. The van der Waals surface area contributed by atoms with Gasteiger partial charge in [-0.3, -0.25) is 9.59 Å². The van der Waals surface area contributed by atoms with Crippen LogP contribution in [-0.2, 0) is 17.8 Å². The molecule has 0 atom stereocenters. The van der Waals surface area contributed by atoms with Gasteiger partial charge >= 0.3 is 0 Å². The smallest absolute Gasteiger partial charge is 0.251 e. The van der Waals surface area contributed by atoms with Gasteiger partial charge in [0.05, 0.1) is 13.7 Å². The zero-order chi connectivity index (χ0) is 20.2. The van der Waals surface area contributed by atoms with Gasteiger partial charge in [0.15, 0.2) is 0 Å². The highest BCUT2D eigenvalue weighted by atomic mass is 16.5. The zero-order valence-corrected chi connectivity index (χ0v) is 16.9. The number of hydrogen-bond donors (Lipinski definition) is 1. The van der Waals surface area contributed by atoms with Crippen LogP contribution in [0.25, 0.3) is 0 Å². The highest BCUT2D eigenvalue weighted by molar-refractivity contribution is 5.99. The number of carbonyl (C=O) groups is 2. The summed E-state index contributed by atoms with van der Waals surface area (Å²) in [6, 6.07) is 13.8. The third-order valence-electron chi connectivity index (χ3n) is 5.98. The van der Waals surface area contributed by atoms with E-state index in [1.165, 1.54) is 19.3 Å². The van der Waals surface area contributed by atoms with Crippen LogP contribution < -0.4 is 15.0 Å². The van der Waals surface area contributed by atoms with Crippen LogP contribution in [0.5, 0.6) is 5.75 Å². The summed E-state index contributed by atoms with van der Waals surface area (Å²) >= 11 is 0. The van der Waals surface area contributed by atoms with Crippen LogP contribution in [0.3, 0.4) is 0 Å². The first-order valence-corrected chi connectivity index (χ1v) is 10.5. The quantitative estimate of drug-likeness (QED) is 0.828. The van der Waals surface area contributed by atoms with Crippen LogP contribution in [-0.4, -0.2) is 25.0 Å². The Hall–Kier alpha value is -2.82. The average molecular weight is 392 g/mol. The molecule has 0 unspecified atom stereocenters. The molecule has 5 heteroatoms. The number of methoxy groups -OCH3 is 1. The summed E-state index contributed by atoms with van der Waals surface area (Å²) in [6.45, 7) is 0.517. The molecule has 152 valence electrons. The number of carbonyl (C=O) groups excluding carboxylic acids is 2. The molecule has 0 spiro atoms. The summed E-state index contributed by atoms with van der Waals surface area (Å²) in [5.74, 6) is 0.916. The number of ether oxygens (including phenoxy) is 1. The van der Waals surface area contributed by atoms with Crippen LogP contribution in [0, 0.1) is 0 Å². The molecule has 29 heavy (non-hydrogen) atoms. The van der Waals surface area contributed by atoms with Crippen molar-refractivity contribution in [2.75, 3.05) is 12.0 Å². The van der Waals surface area contributed by atoms with Crippen LogP contribution in [0.4, 0.5) is 5.69 Å². The molecule has 1 saturated carbocycles. The molecular formula is C24H28N2O3. The van der Waals surface area contributed by atoms with Crippen LogP contribution in [0.2, 0.25) is 0 Å². The second-order valence-corrected chi connectivity index (χ2v) is 7.98. The molecule has 0 saturated heterocycles. The minimum absolute atomic E-state index is 0.00157. The Morgan fingerprint density at radius 1 is 1.07 bits per heavy atom. The fraction of sp³-hybridized carbons (Fsp3) is 0.417. The summed E-state index contributed by atoms with van der Waals surface area (Å²) in [7, 11) is 1.64. The molecule has 2 amide bonds. The van der Waals surface area contributed by atoms with Crippen molar-refractivity contribution < 1.29 is 14.3 Å². The Bertz CT molecular complexity index is 885. The Morgan fingerprint density at radius 2 is 1.83 bits per heavy atom. The molecule has 1 heterocycles. The average Bonchev–Trinajstić information content (AvgIpc) is 2.76. The SMILES string of the molecule is COc1ccc(CN2C(=O)CCc3cc(C(=O)NC4CCCCC4)ccc32)cc1. The van der Waals surface area contributed by atoms with Crippen molar-refractivity contribution in [3.63, 3.8) is 0 Å². The van der Waals surface area contributed by atoms with Crippen molar-refractivity contribution in [1.29, 1.82) is 0 Å². The minimum Gasteiger partial charge on any atom is -0.497 e. The van der Waals surface area contributed by atoms with Gasteiger partial charge in [0.25, 0.3) is 5.91 Å². The topological polar surface area (TPSA) is 58.6 Å². The first-order valence-electron chi connectivity index (χ1n) is 10.5. The number of nitrogens with zero attached hydrogens (tertiary/aromatic N) is 1. The maximum Gasteiger partial charge on any atom is 0.251 e. The van der Waals surface area contributed by atoms with Gasteiger partial charge in [-0.1, -0.05) is 31.4 Å². The number of rotatable bonds is 5. The summed E-state index contributed by atoms with van der Waals surface area (Å²) < 4.78 is 5.21. The lowest BCUT2D eigenvalue weighted by atomic mass is 9.94. The maximum atomic E-state index is 12.7. The summed E-state index contributed by atoms with van der Waals surface area (Å²) in [4.78, 5) is 27.1. The van der Waals surface area contributed by atoms with Gasteiger partial charge in [0.1, 0.15) is 5.75 Å². The fourth-order valence-electron chi connectivity index (χ4n) is 4.30. The Kier molecular flexibility index (Phi) is 5.84. The van der Waals surface area contributed by atoms with E-state index in [0.29, 0.717) is 31.0 Å². The molecule has 2 aromatic carbocycles. The maximum absolute atomic E-state index is 12.7. The number of hydrogen-bond acceptors (Lipinski definition) is 3.